The van der Waals surface area contributed by atoms with E-state index in [1.807, 2.05) is 20.2 Å². The molecule has 178 valence electrons. The maximum absolute atomic E-state index is 13.0. The zero-order valence-corrected chi connectivity index (χ0v) is 19.5. The predicted molar refractivity (Wildman–Crippen MR) is 133 cm³/mol. The SMILES string of the molecule is CN(C)CC(=O)N(C)c1ccc(N=C(c2cccnc2)C2C(=O)Nc3cc([N+](=O)[O-])ccc32)cc1. The summed E-state index contributed by atoms with van der Waals surface area (Å²) >= 11 is 0. The van der Waals surface area contributed by atoms with Crippen LogP contribution in [-0.2, 0) is 9.59 Å². The third kappa shape index (κ3) is 5.07. The highest BCUT2D eigenvalue weighted by Gasteiger charge is 2.36. The fraction of sp³-hybridized carbons (Fsp3) is 0.200. The maximum atomic E-state index is 13.0. The van der Waals surface area contributed by atoms with E-state index in [4.69, 9.17) is 4.99 Å². The number of aliphatic imine (C=N–C) groups is 1. The number of carbonyl (C=O) groups excluding carboxylic acids is 2. The van der Waals surface area contributed by atoms with Gasteiger partial charge in [-0.15, -0.1) is 0 Å². The summed E-state index contributed by atoms with van der Waals surface area (Å²) in [4.78, 5) is 48.3. The molecule has 10 heteroatoms. The number of fused-ring (bicyclic) bond motifs is 1. The Morgan fingerprint density at radius 3 is 2.51 bits per heavy atom. The van der Waals surface area contributed by atoms with Crippen molar-refractivity contribution in [2.45, 2.75) is 5.92 Å². The predicted octanol–water partition coefficient (Wildman–Crippen LogP) is 3.37. The molecule has 2 amide bonds. The smallest absolute Gasteiger partial charge is 0.271 e. The minimum Gasteiger partial charge on any atom is -0.325 e. The summed E-state index contributed by atoms with van der Waals surface area (Å²) in [5.74, 6) is -1.14. The average Bonchev–Trinajstić information content (AvgIpc) is 3.17. The number of nitro benzene ring substituents is 1. The molecule has 3 aromatic rings. The summed E-state index contributed by atoms with van der Waals surface area (Å²) in [6.07, 6.45) is 3.25. The number of aromatic nitrogens is 1. The number of amides is 2. The molecular formula is C25H24N6O4. The fourth-order valence-electron chi connectivity index (χ4n) is 3.86. The molecule has 1 aliphatic rings. The van der Waals surface area contributed by atoms with Gasteiger partial charge in [0.2, 0.25) is 11.8 Å². The van der Waals surface area contributed by atoms with Crippen LogP contribution in [0.3, 0.4) is 0 Å². The lowest BCUT2D eigenvalue weighted by molar-refractivity contribution is -0.384. The van der Waals surface area contributed by atoms with Crippen molar-refractivity contribution in [2.24, 2.45) is 4.99 Å². The largest absolute Gasteiger partial charge is 0.325 e. The molecule has 0 radical (unpaired) electrons. The van der Waals surface area contributed by atoms with Crippen molar-refractivity contribution in [2.75, 3.05) is 37.9 Å². The summed E-state index contributed by atoms with van der Waals surface area (Å²) in [7, 11) is 5.38. The van der Waals surface area contributed by atoms with Gasteiger partial charge in [0.25, 0.3) is 5.69 Å². The topological polar surface area (TPSA) is 121 Å². The summed E-state index contributed by atoms with van der Waals surface area (Å²) in [6.45, 7) is 0.288. The van der Waals surface area contributed by atoms with E-state index in [0.717, 1.165) is 5.69 Å². The van der Waals surface area contributed by atoms with E-state index in [1.54, 1.807) is 65.6 Å². The number of hydrogen-bond acceptors (Lipinski definition) is 7. The van der Waals surface area contributed by atoms with Crippen LogP contribution in [-0.4, -0.2) is 60.0 Å². The van der Waals surface area contributed by atoms with Crippen molar-refractivity contribution in [1.82, 2.24) is 9.88 Å². The fourth-order valence-corrected chi connectivity index (χ4v) is 3.86. The number of benzene rings is 2. The molecule has 0 saturated carbocycles. The molecule has 35 heavy (non-hydrogen) atoms. The van der Waals surface area contributed by atoms with Gasteiger partial charge in [-0.1, -0.05) is 6.07 Å². The number of nitrogens with one attached hydrogen (secondary N) is 1. The van der Waals surface area contributed by atoms with Crippen molar-refractivity contribution >= 4 is 40.3 Å². The number of rotatable bonds is 7. The van der Waals surface area contributed by atoms with Gasteiger partial charge in [-0.3, -0.25) is 29.7 Å². The Morgan fingerprint density at radius 2 is 1.89 bits per heavy atom. The number of hydrogen-bond donors (Lipinski definition) is 1. The van der Waals surface area contributed by atoms with Gasteiger partial charge in [0.05, 0.1) is 28.6 Å². The first-order valence-corrected chi connectivity index (χ1v) is 10.8. The summed E-state index contributed by atoms with van der Waals surface area (Å²) in [5, 5.41) is 13.9. The molecule has 1 N–H and O–H groups in total. The molecule has 4 rings (SSSR count). The van der Waals surface area contributed by atoms with Gasteiger partial charge >= 0.3 is 0 Å². The third-order valence-electron chi connectivity index (χ3n) is 5.62. The first-order valence-electron chi connectivity index (χ1n) is 10.8. The molecule has 2 heterocycles. The Labute approximate surface area is 202 Å². The first kappa shape index (κ1) is 23.7. The van der Waals surface area contributed by atoms with Gasteiger partial charge in [-0.25, -0.2) is 0 Å². The standard InChI is InChI=1S/C25H24N6O4/c1-29(2)15-22(32)30(3)18-8-6-17(7-9-18)27-24(16-5-4-12-26-14-16)23-20-11-10-19(31(34)35)13-21(20)28-25(23)33/h4-14,23H,15H2,1-3H3,(H,28,33). The summed E-state index contributed by atoms with van der Waals surface area (Å²) in [5.41, 5.74) is 3.32. The van der Waals surface area contributed by atoms with Gasteiger partial charge in [-0.2, -0.15) is 0 Å². The Bertz CT molecular complexity index is 1310. The van der Waals surface area contributed by atoms with Crippen LogP contribution in [0.2, 0.25) is 0 Å². The second-order valence-electron chi connectivity index (χ2n) is 8.40. The highest BCUT2D eigenvalue weighted by molar-refractivity contribution is 6.24. The molecule has 2 aromatic carbocycles. The zero-order valence-electron chi connectivity index (χ0n) is 19.5. The van der Waals surface area contributed by atoms with Crippen LogP contribution in [0.25, 0.3) is 0 Å². The molecule has 0 spiro atoms. The number of likely N-dealkylation sites (N-methyl/N-ethyl adjacent to an activating group) is 2. The van der Waals surface area contributed by atoms with Crippen molar-refractivity contribution < 1.29 is 14.5 Å². The Balaban J connectivity index is 1.72. The first-order chi connectivity index (χ1) is 16.7. The molecule has 1 atom stereocenters. The highest BCUT2D eigenvalue weighted by atomic mass is 16.6. The second-order valence-corrected chi connectivity index (χ2v) is 8.40. The van der Waals surface area contributed by atoms with Gasteiger partial charge in [0, 0.05) is 42.8 Å². The van der Waals surface area contributed by atoms with E-state index >= 15 is 0 Å². The number of non-ortho nitro benzene ring substituents is 1. The number of pyridine rings is 1. The zero-order chi connectivity index (χ0) is 25.1. The van der Waals surface area contributed by atoms with Crippen LogP contribution in [0, 0.1) is 10.1 Å². The van der Waals surface area contributed by atoms with Crippen molar-refractivity contribution in [3.05, 3.63) is 88.2 Å². The van der Waals surface area contributed by atoms with Crippen molar-refractivity contribution in [3.8, 4) is 0 Å². The van der Waals surface area contributed by atoms with Gasteiger partial charge in [-0.05, 0) is 56.1 Å². The molecule has 0 bridgehead atoms. The average molecular weight is 473 g/mol. The van der Waals surface area contributed by atoms with E-state index in [0.29, 0.717) is 28.2 Å². The molecule has 1 aliphatic heterocycles. The molecule has 0 fully saturated rings. The quantitative estimate of drug-likeness (QED) is 0.320. The molecular weight excluding hydrogens is 448 g/mol. The van der Waals surface area contributed by atoms with E-state index in [1.165, 1.54) is 12.1 Å². The van der Waals surface area contributed by atoms with Crippen LogP contribution >= 0.6 is 0 Å². The lowest BCUT2D eigenvalue weighted by Gasteiger charge is -2.20. The molecule has 1 unspecified atom stereocenters. The molecule has 0 aliphatic carbocycles. The van der Waals surface area contributed by atoms with E-state index < -0.39 is 10.8 Å². The minimum absolute atomic E-state index is 0.0457. The Hall–Kier alpha value is -4.44. The molecule has 1 aromatic heterocycles. The number of carbonyl (C=O) groups is 2. The van der Waals surface area contributed by atoms with E-state index in [2.05, 4.69) is 10.3 Å². The van der Waals surface area contributed by atoms with Crippen LogP contribution in [0.15, 0.2) is 72.0 Å². The second kappa shape index (κ2) is 9.82. The third-order valence-corrected chi connectivity index (χ3v) is 5.62. The van der Waals surface area contributed by atoms with Gasteiger partial charge in [0.15, 0.2) is 0 Å². The number of nitro groups is 1. The molecule has 0 saturated heterocycles. The summed E-state index contributed by atoms with van der Waals surface area (Å²) < 4.78 is 0. The van der Waals surface area contributed by atoms with Crippen LogP contribution in [0.5, 0.6) is 0 Å². The van der Waals surface area contributed by atoms with E-state index in [9.17, 15) is 19.7 Å². The van der Waals surface area contributed by atoms with E-state index in [-0.39, 0.29) is 24.0 Å². The van der Waals surface area contributed by atoms with Crippen LogP contribution in [0.4, 0.5) is 22.7 Å². The monoisotopic (exact) mass is 472 g/mol. The lowest BCUT2D eigenvalue weighted by atomic mass is 9.91. The van der Waals surface area contributed by atoms with Crippen molar-refractivity contribution in [1.29, 1.82) is 0 Å². The van der Waals surface area contributed by atoms with Gasteiger partial charge < -0.3 is 15.1 Å². The minimum atomic E-state index is -0.765. The number of nitrogens with zero attached hydrogens (tertiary/aromatic N) is 5. The lowest BCUT2D eigenvalue weighted by Crippen LogP contribution is -2.34. The summed E-state index contributed by atoms with van der Waals surface area (Å²) in [6, 6.07) is 15.0. The Morgan fingerprint density at radius 1 is 1.14 bits per heavy atom. The van der Waals surface area contributed by atoms with Crippen LogP contribution < -0.4 is 10.2 Å². The van der Waals surface area contributed by atoms with Crippen LogP contribution in [0.1, 0.15) is 17.0 Å². The molecule has 10 nitrogen and oxygen atoms in total. The Kier molecular flexibility index (Phi) is 6.65. The maximum Gasteiger partial charge on any atom is 0.271 e. The number of anilines is 2. The van der Waals surface area contributed by atoms with Gasteiger partial charge in [0.1, 0.15) is 5.92 Å². The normalized spacial score (nSPS) is 15.0. The highest BCUT2D eigenvalue weighted by Crippen LogP contribution is 2.38. The van der Waals surface area contributed by atoms with Crippen molar-refractivity contribution in [3.63, 3.8) is 0 Å².